The van der Waals surface area contributed by atoms with E-state index in [0.717, 1.165) is 12.8 Å². The molecule has 192 valence electrons. The number of fused-ring (bicyclic) bond motifs is 1. The normalized spacial score (nSPS) is 45.2. The number of esters is 3. The highest BCUT2D eigenvalue weighted by atomic mass is 16.7. The molecule has 0 aromatic carbocycles. The molecule has 1 saturated heterocycles. The molecule has 0 aromatic heterocycles. The third-order valence-corrected chi connectivity index (χ3v) is 9.02. The smallest absolute Gasteiger partial charge is 0.303 e. The van der Waals surface area contributed by atoms with E-state index in [1.165, 1.54) is 33.6 Å². The maximum absolute atomic E-state index is 12.0. The summed E-state index contributed by atoms with van der Waals surface area (Å²) in [4.78, 5) is 35.5. The lowest BCUT2D eigenvalue weighted by Crippen LogP contribution is -2.59. The van der Waals surface area contributed by atoms with Crippen molar-refractivity contribution in [1.29, 1.82) is 0 Å². The Hall–Kier alpha value is -1.67. The SMILES string of the molecule is CC(=O)O[C@@H]1[C@@H](O[C@@]2(C)CCC34[C@@H]([C@H]32)[C@H](C(C)C)CC[C@@H]4C)OC[C@H](OC(C)=O)[C@H]1OC(C)=O. The molecule has 10 atom stereocenters. The molecule has 1 aliphatic heterocycles. The van der Waals surface area contributed by atoms with Crippen LogP contribution >= 0.6 is 0 Å². The monoisotopic (exact) mass is 480 g/mol. The number of ether oxygens (including phenoxy) is 5. The van der Waals surface area contributed by atoms with Gasteiger partial charge in [0.15, 0.2) is 24.6 Å². The molecule has 0 amide bonds. The average Bonchev–Trinajstić information content (AvgIpc) is 3.33. The van der Waals surface area contributed by atoms with Crippen LogP contribution < -0.4 is 0 Å². The number of hydrogen-bond donors (Lipinski definition) is 0. The minimum atomic E-state index is -1.04. The molecule has 34 heavy (non-hydrogen) atoms. The molecule has 4 fully saturated rings. The second kappa shape index (κ2) is 9.08. The number of carbonyl (C=O) groups is 3. The quantitative estimate of drug-likeness (QED) is 0.323. The first-order chi connectivity index (χ1) is 15.9. The molecular weight excluding hydrogens is 440 g/mol. The van der Waals surface area contributed by atoms with Crippen LogP contribution in [0.4, 0.5) is 0 Å². The highest BCUT2D eigenvalue weighted by Crippen LogP contribution is 2.81. The van der Waals surface area contributed by atoms with Gasteiger partial charge in [-0.05, 0) is 67.6 Å². The summed E-state index contributed by atoms with van der Waals surface area (Å²) in [5, 5.41) is 0. The lowest BCUT2D eigenvalue weighted by molar-refractivity contribution is -0.307. The molecule has 0 N–H and O–H groups in total. The molecule has 1 unspecified atom stereocenters. The predicted octanol–water partition coefficient (Wildman–Crippen LogP) is 3.64. The van der Waals surface area contributed by atoms with Gasteiger partial charge in [0, 0.05) is 20.8 Å². The lowest BCUT2D eigenvalue weighted by Gasteiger charge is -2.43. The van der Waals surface area contributed by atoms with Gasteiger partial charge in [0.2, 0.25) is 0 Å². The standard InChI is InChI=1S/C26H40O8/c1-13(2)18-9-8-14(3)26-11-10-25(7,23(26)20(18)26)34-24-22(33-17(6)29)21(32-16(5)28)19(12-30-24)31-15(4)27/h13-14,18-24H,8-12H2,1-7H3/t14-,18-,19-,20+,21+,22-,23-,24+,25-,26?/m0/s1. The summed E-state index contributed by atoms with van der Waals surface area (Å²) in [6.07, 6.45) is 0.684. The van der Waals surface area contributed by atoms with E-state index in [4.69, 9.17) is 23.7 Å². The Morgan fingerprint density at radius 3 is 2.12 bits per heavy atom. The number of hydrogen-bond acceptors (Lipinski definition) is 8. The predicted molar refractivity (Wildman–Crippen MR) is 121 cm³/mol. The Morgan fingerprint density at radius 1 is 0.912 bits per heavy atom. The Bertz CT molecular complexity index is 826. The van der Waals surface area contributed by atoms with Crippen molar-refractivity contribution in [3.63, 3.8) is 0 Å². The van der Waals surface area contributed by atoms with Crippen LogP contribution in [0, 0.1) is 35.0 Å². The fourth-order valence-electron chi connectivity index (χ4n) is 7.75. The van der Waals surface area contributed by atoms with Gasteiger partial charge >= 0.3 is 17.9 Å². The van der Waals surface area contributed by atoms with E-state index < -0.39 is 48.1 Å². The maximum Gasteiger partial charge on any atom is 0.303 e. The minimum Gasteiger partial charge on any atom is -0.456 e. The summed E-state index contributed by atoms with van der Waals surface area (Å²) < 4.78 is 29.1. The third kappa shape index (κ3) is 4.25. The second-order valence-electron chi connectivity index (χ2n) is 11.4. The van der Waals surface area contributed by atoms with E-state index in [-0.39, 0.29) is 6.61 Å². The summed E-state index contributed by atoms with van der Waals surface area (Å²) in [6, 6.07) is 0. The Balaban J connectivity index is 1.59. The van der Waals surface area contributed by atoms with Crippen molar-refractivity contribution in [3.8, 4) is 0 Å². The van der Waals surface area contributed by atoms with Crippen molar-refractivity contribution in [2.75, 3.05) is 6.61 Å². The van der Waals surface area contributed by atoms with Gasteiger partial charge in [0.05, 0.1) is 12.2 Å². The molecule has 4 rings (SSSR count). The van der Waals surface area contributed by atoms with Crippen molar-refractivity contribution in [2.24, 2.45) is 35.0 Å². The zero-order valence-corrected chi connectivity index (χ0v) is 21.5. The third-order valence-electron chi connectivity index (χ3n) is 9.02. The van der Waals surface area contributed by atoms with Crippen LogP contribution in [-0.2, 0) is 38.1 Å². The first-order valence-corrected chi connectivity index (χ1v) is 12.7. The summed E-state index contributed by atoms with van der Waals surface area (Å²) in [7, 11) is 0. The Morgan fingerprint density at radius 2 is 1.53 bits per heavy atom. The van der Waals surface area contributed by atoms with Crippen molar-refractivity contribution < 1.29 is 38.1 Å². The summed E-state index contributed by atoms with van der Waals surface area (Å²) in [5.74, 6) is 1.37. The van der Waals surface area contributed by atoms with E-state index in [9.17, 15) is 14.4 Å². The van der Waals surface area contributed by atoms with Gasteiger partial charge in [-0.1, -0.05) is 20.8 Å². The van der Waals surface area contributed by atoms with Gasteiger partial charge in [-0.25, -0.2) is 0 Å². The molecule has 0 radical (unpaired) electrons. The molecule has 1 spiro atoms. The van der Waals surface area contributed by atoms with Crippen LogP contribution in [0.2, 0.25) is 0 Å². The van der Waals surface area contributed by atoms with Gasteiger partial charge in [-0.2, -0.15) is 0 Å². The highest BCUT2D eigenvalue weighted by Gasteiger charge is 2.79. The van der Waals surface area contributed by atoms with Crippen molar-refractivity contribution in [2.45, 2.75) is 104 Å². The molecule has 8 heteroatoms. The molecule has 1 heterocycles. The summed E-state index contributed by atoms with van der Waals surface area (Å²) >= 11 is 0. The summed E-state index contributed by atoms with van der Waals surface area (Å²) in [5.41, 5.74) is -0.127. The lowest BCUT2D eigenvalue weighted by atomic mass is 9.69. The van der Waals surface area contributed by atoms with Gasteiger partial charge < -0.3 is 23.7 Å². The molecule has 4 aliphatic rings. The van der Waals surface area contributed by atoms with E-state index in [2.05, 4.69) is 27.7 Å². The van der Waals surface area contributed by atoms with Crippen LogP contribution in [0.5, 0.6) is 0 Å². The molecule has 0 bridgehead atoms. The van der Waals surface area contributed by atoms with Gasteiger partial charge in [-0.15, -0.1) is 0 Å². The molecule has 3 saturated carbocycles. The van der Waals surface area contributed by atoms with Crippen LogP contribution in [0.15, 0.2) is 0 Å². The topological polar surface area (TPSA) is 97.4 Å². The van der Waals surface area contributed by atoms with Crippen LogP contribution in [0.25, 0.3) is 0 Å². The van der Waals surface area contributed by atoms with E-state index in [0.29, 0.717) is 35.0 Å². The fraction of sp³-hybridized carbons (Fsp3) is 0.885. The van der Waals surface area contributed by atoms with Crippen molar-refractivity contribution in [1.82, 2.24) is 0 Å². The maximum atomic E-state index is 12.0. The first-order valence-electron chi connectivity index (χ1n) is 12.7. The van der Waals surface area contributed by atoms with Gasteiger partial charge in [0.1, 0.15) is 0 Å². The van der Waals surface area contributed by atoms with E-state index in [1.807, 2.05) is 0 Å². The summed E-state index contributed by atoms with van der Waals surface area (Å²) in [6.45, 7) is 13.0. The van der Waals surface area contributed by atoms with Crippen molar-refractivity contribution in [3.05, 3.63) is 0 Å². The van der Waals surface area contributed by atoms with Gasteiger partial charge in [0.25, 0.3) is 0 Å². The molecule has 3 aliphatic carbocycles. The molecule has 0 aromatic rings. The second-order valence-corrected chi connectivity index (χ2v) is 11.4. The van der Waals surface area contributed by atoms with Crippen LogP contribution in [0.1, 0.15) is 74.1 Å². The van der Waals surface area contributed by atoms with E-state index in [1.54, 1.807) is 0 Å². The minimum absolute atomic E-state index is 0.0136. The Labute approximate surface area is 202 Å². The van der Waals surface area contributed by atoms with Crippen LogP contribution in [-0.4, -0.2) is 54.7 Å². The molecular formula is C26H40O8. The average molecular weight is 481 g/mol. The number of carbonyl (C=O) groups excluding carboxylic acids is 3. The highest BCUT2D eigenvalue weighted by molar-refractivity contribution is 5.68. The Kier molecular flexibility index (Phi) is 6.79. The molecule has 8 nitrogen and oxygen atoms in total. The van der Waals surface area contributed by atoms with E-state index >= 15 is 0 Å². The van der Waals surface area contributed by atoms with Gasteiger partial charge in [-0.3, -0.25) is 14.4 Å². The fourth-order valence-corrected chi connectivity index (χ4v) is 7.75. The first kappa shape index (κ1) is 25.4. The zero-order valence-electron chi connectivity index (χ0n) is 21.5. The largest absolute Gasteiger partial charge is 0.456 e. The van der Waals surface area contributed by atoms with Crippen LogP contribution in [0.3, 0.4) is 0 Å². The number of rotatable bonds is 6. The zero-order chi connectivity index (χ0) is 25.0. The van der Waals surface area contributed by atoms with Crippen molar-refractivity contribution >= 4 is 17.9 Å².